The van der Waals surface area contributed by atoms with Crippen LogP contribution < -0.4 is 16.4 Å². The molecule has 0 radical (unpaired) electrons. The molecule has 94 valence electrons. The Labute approximate surface area is 101 Å². The molecule has 4 N–H and O–H groups in total. The number of carbonyl (C=O) groups excluding carboxylic acids is 1. The van der Waals surface area contributed by atoms with E-state index in [1.54, 1.807) is 10.9 Å². The highest BCUT2D eigenvalue weighted by Crippen LogP contribution is 2.30. The third kappa shape index (κ3) is 2.51. The molecule has 1 heterocycles. The first kappa shape index (κ1) is 11.8. The summed E-state index contributed by atoms with van der Waals surface area (Å²) in [5, 5.41) is 4.32. The zero-order valence-corrected chi connectivity index (χ0v) is 10.1. The predicted molar refractivity (Wildman–Crippen MR) is 66.4 cm³/mol. The van der Waals surface area contributed by atoms with Gasteiger partial charge in [0.05, 0.1) is 12.2 Å². The number of aromatic nitrogens is 2. The summed E-state index contributed by atoms with van der Waals surface area (Å²) in [5.74, 6) is 0.333. The van der Waals surface area contributed by atoms with Crippen molar-refractivity contribution in [1.82, 2.24) is 9.78 Å². The van der Waals surface area contributed by atoms with E-state index in [0.29, 0.717) is 17.5 Å². The van der Waals surface area contributed by atoms with E-state index in [-0.39, 0.29) is 12.5 Å². The molecule has 6 heteroatoms. The van der Waals surface area contributed by atoms with Crippen molar-refractivity contribution >= 4 is 17.4 Å². The molecule has 0 spiro atoms. The van der Waals surface area contributed by atoms with Gasteiger partial charge in [-0.25, -0.2) is 0 Å². The predicted octanol–water partition coefficient (Wildman–Crippen LogP) is 0.237. The molecule has 17 heavy (non-hydrogen) atoms. The lowest BCUT2D eigenvalue weighted by Gasteiger charge is -2.28. The molecule has 6 nitrogen and oxygen atoms in total. The van der Waals surface area contributed by atoms with Gasteiger partial charge in [0.1, 0.15) is 0 Å². The van der Waals surface area contributed by atoms with Crippen LogP contribution in [0.3, 0.4) is 0 Å². The zero-order valence-electron chi connectivity index (χ0n) is 10.1. The molecule has 0 unspecified atom stereocenters. The second kappa shape index (κ2) is 4.65. The van der Waals surface area contributed by atoms with Gasteiger partial charge < -0.3 is 16.4 Å². The number of primary amides is 1. The lowest BCUT2D eigenvalue weighted by molar-refractivity contribution is -0.116. The topological polar surface area (TPSA) is 90.2 Å². The first-order chi connectivity index (χ1) is 8.08. The molecular formula is C11H19N5O. The monoisotopic (exact) mass is 237 g/mol. The molecule has 0 saturated heterocycles. The maximum atomic E-state index is 11.2. The summed E-state index contributed by atoms with van der Waals surface area (Å²) < 4.78 is 1.66. The van der Waals surface area contributed by atoms with Crippen LogP contribution in [0.5, 0.6) is 0 Å². The van der Waals surface area contributed by atoms with Crippen LogP contribution in [0.25, 0.3) is 0 Å². The van der Waals surface area contributed by atoms with Crippen molar-refractivity contribution in [2.75, 3.05) is 17.2 Å². The smallest absolute Gasteiger partial charge is 0.237 e. The third-order valence-corrected chi connectivity index (χ3v) is 3.20. The molecule has 1 fully saturated rings. The van der Waals surface area contributed by atoms with Crippen molar-refractivity contribution in [2.24, 2.45) is 12.8 Å². The number of carbonyl (C=O) groups is 1. The minimum atomic E-state index is -0.345. The van der Waals surface area contributed by atoms with E-state index in [9.17, 15) is 4.79 Å². The molecule has 2 rings (SSSR count). The Kier molecular flexibility index (Phi) is 3.21. The van der Waals surface area contributed by atoms with Crippen molar-refractivity contribution in [3.05, 3.63) is 6.20 Å². The molecule has 0 aliphatic heterocycles. The Balaban J connectivity index is 2.25. The standard InChI is InChI=1S/C11H19N5O/c1-15-6-9(12)11(14-15)16(7-10(13)17)8-4-2-3-5-8/h6,8H,2-5,7,12H2,1H3,(H2,13,17). The maximum Gasteiger partial charge on any atom is 0.237 e. The highest BCUT2D eigenvalue weighted by atomic mass is 16.1. The first-order valence-corrected chi connectivity index (χ1v) is 5.92. The Morgan fingerprint density at radius 2 is 2.24 bits per heavy atom. The number of aryl methyl sites for hydroxylation is 1. The van der Waals surface area contributed by atoms with Crippen molar-refractivity contribution in [2.45, 2.75) is 31.7 Å². The minimum absolute atomic E-state index is 0.186. The van der Waals surface area contributed by atoms with Gasteiger partial charge in [-0.3, -0.25) is 9.48 Å². The molecule has 1 aliphatic carbocycles. The average Bonchev–Trinajstić information content (AvgIpc) is 2.84. The quantitative estimate of drug-likeness (QED) is 0.784. The van der Waals surface area contributed by atoms with Crippen molar-refractivity contribution in [1.29, 1.82) is 0 Å². The van der Waals surface area contributed by atoms with Gasteiger partial charge in [-0.2, -0.15) is 5.10 Å². The number of nitrogens with zero attached hydrogens (tertiary/aromatic N) is 3. The van der Waals surface area contributed by atoms with Crippen LogP contribution in [0, 0.1) is 0 Å². The van der Waals surface area contributed by atoms with E-state index in [2.05, 4.69) is 5.10 Å². The lowest BCUT2D eigenvalue weighted by Crippen LogP contribution is -2.40. The van der Waals surface area contributed by atoms with Gasteiger partial charge in [0, 0.05) is 19.3 Å². The molecule has 0 bridgehead atoms. The van der Waals surface area contributed by atoms with E-state index in [0.717, 1.165) is 12.8 Å². The normalized spacial score (nSPS) is 16.3. The average molecular weight is 237 g/mol. The van der Waals surface area contributed by atoms with Gasteiger partial charge in [-0.05, 0) is 12.8 Å². The van der Waals surface area contributed by atoms with Crippen LogP contribution >= 0.6 is 0 Å². The van der Waals surface area contributed by atoms with Gasteiger partial charge in [-0.1, -0.05) is 12.8 Å². The van der Waals surface area contributed by atoms with Crippen LogP contribution in [-0.4, -0.2) is 28.3 Å². The Morgan fingerprint density at radius 3 is 2.71 bits per heavy atom. The fourth-order valence-corrected chi connectivity index (χ4v) is 2.48. The van der Waals surface area contributed by atoms with E-state index < -0.39 is 0 Å². The highest BCUT2D eigenvalue weighted by Gasteiger charge is 2.27. The summed E-state index contributed by atoms with van der Waals surface area (Å²) in [6, 6.07) is 0.333. The second-order valence-corrected chi connectivity index (χ2v) is 4.61. The van der Waals surface area contributed by atoms with Crippen molar-refractivity contribution in [3.8, 4) is 0 Å². The zero-order chi connectivity index (χ0) is 12.4. The summed E-state index contributed by atoms with van der Waals surface area (Å²) in [6.45, 7) is 0.186. The van der Waals surface area contributed by atoms with Gasteiger partial charge in [0.25, 0.3) is 0 Å². The van der Waals surface area contributed by atoms with E-state index in [1.807, 2.05) is 11.9 Å². The number of nitrogen functional groups attached to an aromatic ring is 1. The largest absolute Gasteiger partial charge is 0.394 e. The molecule has 0 atom stereocenters. The van der Waals surface area contributed by atoms with E-state index in [4.69, 9.17) is 11.5 Å². The summed E-state index contributed by atoms with van der Waals surface area (Å²) in [5.41, 5.74) is 11.8. The fourth-order valence-electron chi connectivity index (χ4n) is 2.48. The summed E-state index contributed by atoms with van der Waals surface area (Å²) in [6.07, 6.45) is 6.27. The molecule has 1 aromatic rings. The number of nitrogens with two attached hydrogens (primary N) is 2. The Hall–Kier alpha value is -1.72. The second-order valence-electron chi connectivity index (χ2n) is 4.61. The van der Waals surface area contributed by atoms with Gasteiger partial charge in [0.2, 0.25) is 5.91 Å². The third-order valence-electron chi connectivity index (χ3n) is 3.20. The molecular weight excluding hydrogens is 218 g/mol. The Morgan fingerprint density at radius 1 is 1.59 bits per heavy atom. The van der Waals surface area contributed by atoms with Crippen molar-refractivity contribution in [3.63, 3.8) is 0 Å². The van der Waals surface area contributed by atoms with Gasteiger partial charge in [0.15, 0.2) is 5.82 Å². The van der Waals surface area contributed by atoms with Crippen molar-refractivity contribution < 1.29 is 4.79 Å². The molecule has 1 aromatic heterocycles. The number of anilines is 2. The minimum Gasteiger partial charge on any atom is -0.394 e. The molecule has 0 aromatic carbocycles. The number of amides is 1. The molecule has 1 amide bonds. The van der Waals surface area contributed by atoms with Gasteiger partial charge >= 0.3 is 0 Å². The Bertz CT molecular complexity index is 408. The van der Waals surface area contributed by atoms with E-state index >= 15 is 0 Å². The van der Waals surface area contributed by atoms with E-state index in [1.165, 1.54) is 12.8 Å². The van der Waals surface area contributed by atoms with Crippen LogP contribution in [-0.2, 0) is 11.8 Å². The number of rotatable bonds is 4. The SMILES string of the molecule is Cn1cc(N)c(N(CC(N)=O)C2CCCC2)n1. The van der Waals surface area contributed by atoms with Crippen LogP contribution in [0.15, 0.2) is 6.20 Å². The molecule has 1 aliphatic rings. The summed E-state index contributed by atoms with van der Waals surface area (Å²) in [4.78, 5) is 13.1. The fraction of sp³-hybridized carbons (Fsp3) is 0.636. The van der Waals surface area contributed by atoms with Crippen LogP contribution in [0.1, 0.15) is 25.7 Å². The molecule has 1 saturated carbocycles. The highest BCUT2D eigenvalue weighted by molar-refractivity contribution is 5.80. The lowest BCUT2D eigenvalue weighted by atomic mass is 10.2. The van der Waals surface area contributed by atoms with Crippen LogP contribution in [0.4, 0.5) is 11.5 Å². The summed E-state index contributed by atoms with van der Waals surface area (Å²) >= 11 is 0. The number of hydrogen-bond donors (Lipinski definition) is 2. The van der Waals surface area contributed by atoms with Gasteiger partial charge in [-0.15, -0.1) is 0 Å². The maximum absolute atomic E-state index is 11.2. The number of hydrogen-bond acceptors (Lipinski definition) is 4. The van der Waals surface area contributed by atoms with Crippen LogP contribution in [0.2, 0.25) is 0 Å². The summed E-state index contributed by atoms with van der Waals surface area (Å²) in [7, 11) is 1.82. The first-order valence-electron chi connectivity index (χ1n) is 5.92.